The molecule has 2 aromatic rings. The summed E-state index contributed by atoms with van der Waals surface area (Å²) in [6.45, 7) is 5.69. The molecule has 1 heterocycles. The van der Waals surface area contributed by atoms with Gasteiger partial charge in [0, 0.05) is 6.04 Å². The molecule has 0 bridgehead atoms. The van der Waals surface area contributed by atoms with Gasteiger partial charge >= 0.3 is 0 Å². The van der Waals surface area contributed by atoms with Crippen molar-refractivity contribution in [3.63, 3.8) is 0 Å². The van der Waals surface area contributed by atoms with Gasteiger partial charge in [0.1, 0.15) is 5.01 Å². The van der Waals surface area contributed by atoms with Crippen LogP contribution in [0.5, 0.6) is 0 Å². The lowest BCUT2D eigenvalue weighted by Gasteiger charge is -2.34. The molecule has 4 nitrogen and oxygen atoms in total. The molecule has 3 atom stereocenters. The number of benzene rings is 1. The second kappa shape index (κ2) is 7.62. The smallest absolute Gasteiger partial charge is 0.234 e. The fraction of sp³-hybridized carbons (Fsp3) is 0.579. The van der Waals surface area contributed by atoms with Crippen LogP contribution in [0.1, 0.15) is 38.1 Å². The van der Waals surface area contributed by atoms with Gasteiger partial charge in [-0.15, -0.1) is 11.3 Å². The van der Waals surface area contributed by atoms with Crippen LogP contribution in [-0.2, 0) is 11.3 Å². The van der Waals surface area contributed by atoms with E-state index >= 15 is 0 Å². The van der Waals surface area contributed by atoms with Crippen LogP contribution in [0.2, 0.25) is 0 Å². The number of thiazole rings is 1. The van der Waals surface area contributed by atoms with Gasteiger partial charge in [-0.05, 0) is 37.4 Å². The predicted octanol–water partition coefficient (Wildman–Crippen LogP) is 3.67. The average molecular weight is 346 g/mol. The van der Waals surface area contributed by atoms with Crippen LogP contribution in [0.25, 0.3) is 10.2 Å². The largest absolute Gasteiger partial charge is 0.352 e. The zero-order chi connectivity index (χ0) is 17.1. The maximum Gasteiger partial charge on any atom is 0.234 e. The number of hydrogen-bond acceptors (Lipinski definition) is 4. The maximum absolute atomic E-state index is 12.4. The van der Waals surface area contributed by atoms with E-state index in [0.717, 1.165) is 16.9 Å². The van der Waals surface area contributed by atoms with Crippen molar-refractivity contribution in [3.8, 4) is 0 Å². The lowest BCUT2D eigenvalue weighted by atomic mass is 9.78. The average Bonchev–Trinajstić information content (AvgIpc) is 2.93. The summed E-state index contributed by atoms with van der Waals surface area (Å²) < 4.78 is 1.20. The summed E-state index contributed by atoms with van der Waals surface area (Å²) in [5.74, 6) is 1.39. The number of rotatable bonds is 5. The van der Waals surface area contributed by atoms with E-state index in [4.69, 9.17) is 0 Å². The highest BCUT2D eigenvalue weighted by Crippen LogP contribution is 2.29. The molecule has 1 aromatic carbocycles. The van der Waals surface area contributed by atoms with Crippen LogP contribution in [0.3, 0.4) is 0 Å². The number of likely N-dealkylation sites (N-methyl/N-ethyl adjacent to an activating group) is 1. The summed E-state index contributed by atoms with van der Waals surface area (Å²) in [6, 6.07) is 8.50. The number of nitrogens with one attached hydrogen (secondary N) is 1. The van der Waals surface area contributed by atoms with E-state index in [1.165, 1.54) is 17.5 Å². The standard InChI is InChI=1S/C19H27N3OS/c1-13-7-6-9-15(14(13)2)20-18(23)11-22(3)12-19-21-16-8-4-5-10-17(16)24-19/h4-5,8,10,13-15H,6-7,9,11-12H2,1-3H3,(H,20,23). The zero-order valence-corrected chi connectivity index (χ0v) is 15.6. The van der Waals surface area contributed by atoms with Crippen molar-refractivity contribution in [1.29, 1.82) is 0 Å². The van der Waals surface area contributed by atoms with Crippen molar-refractivity contribution >= 4 is 27.5 Å². The Kier molecular flexibility index (Phi) is 5.51. The minimum Gasteiger partial charge on any atom is -0.352 e. The van der Waals surface area contributed by atoms with Gasteiger partial charge in [-0.1, -0.05) is 38.8 Å². The minimum absolute atomic E-state index is 0.129. The first kappa shape index (κ1) is 17.4. The molecule has 1 N–H and O–H groups in total. The first-order valence-corrected chi connectivity index (χ1v) is 9.67. The topological polar surface area (TPSA) is 45.2 Å². The minimum atomic E-state index is 0.129. The summed E-state index contributed by atoms with van der Waals surface area (Å²) in [7, 11) is 1.98. The highest BCUT2D eigenvalue weighted by molar-refractivity contribution is 7.18. The van der Waals surface area contributed by atoms with E-state index in [2.05, 4.69) is 30.2 Å². The molecule has 3 unspecified atom stereocenters. The number of fused-ring (bicyclic) bond motifs is 1. The lowest BCUT2D eigenvalue weighted by Crippen LogP contribution is -2.46. The van der Waals surface area contributed by atoms with Gasteiger partial charge in [-0.25, -0.2) is 4.98 Å². The molecule has 0 aliphatic heterocycles. The van der Waals surface area contributed by atoms with Crippen molar-refractivity contribution in [2.75, 3.05) is 13.6 Å². The molecule has 0 radical (unpaired) electrons. The number of para-hydroxylation sites is 1. The molecule has 0 saturated heterocycles. The molecule has 1 aliphatic carbocycles. The third-order valence-corrected chi connectivity index (χ3v) is 6.23. The molecular formula is C19H27N3OS. The van der Waals surface area contributed by atoms with Crippen LogP contribution in [0, 0.1) is 11.8 Å². The summed E-state index contributed by atoms with van der Waals surface area (Å²) in [5.41, 5.74) is 1.04. The summed E-state index contributed by atoms with van der Waals surface area (Å²) in [4.78, 5) is 19.1. The van der Waals surface area contributed by atoms with Crippen LogP contribution >= 0.6 is 11.3 Å². The monoisotopic (exact) mass is 345 g/mol. The molecule has 1 saturated carbocycles. The Morgan fingerprint density at radius 1 is 1.33 bits per heavy atom. The second-order valence-corrected chi connectivity index (χ2v) is 8.30. The maximum atomic E-state index is 12.4. The van der Waals surface area contributed by atoms with Crippen LogP contribution < -0.4 is 5.32 Å². The molecule has 1 amide bonds. The number of hydrogen-bond donors (Lipinski definition) is 1. The lowest BCUT2D eigenvalue weighted by molar-refractivity contribution is -0.123. The van der Waals surface area contributed by atoms with Crippen molar-refractivity contribution in [3.05, 3.63) is 29.3 Å². The SMILES string of the molecule is CC1CCCC(NC(=O)CN(C)Cc2nc3ccccc3s2)C1C. The first-order valence-electron chi connectivity index (χ1n) is 8.85. The number of carbonyl (C=O) groups excluding carboxylic acids is 1. The number of nitrogens with zero attached hydrogens (tertiary/aromatic N) is 2. The van der Waals surface area contributed by atoms with Crippen LogP contribution in [0.15, 0.2) is 24.3 Å². The van der Waals surface area contributed by atoms with E-state index < -0.39 is 0 Å². The van der Waals surface area contributed by atoms with Gasteiger partial charge in [-0.3, -0.25) is 9.69 Å². The van der Waals surface area contributed by atoms with Crippen molar-refractivity contribution < 1.29 is 4.79 Å². The molecule has 24 heavy (non-hydrogen) atoms. The number of aromatic nitrogens is 1. The van der Waals surface area contributed by atoms with E-state index in [-0.39, 0.29) is 5.91 Å². The fourth-order valence-electron chi connectivity index (χ4n) is 3.56. The van der Waals surface area contributed by atoms with Gasteiger partial charge in [-0.2, -0.15) is 0 Å². The Morgan fingerprint density at radius 2 is 2.12 bits per heavy atom. The highest BCUT2D eigenvalue weighted by atomic mass is 32.1. The van der Waals surface area contributed by atoms with Gasteiger partial charge in [0.25, 0.3) is 0 Å². The van der Waals surface area contributed by atoms with Crippen molar-refractivity contribution in [2.24, 2.45) is 11.8 Å². The molecule has 0 spiro atoms. The molecule has 1 aliphatic rings. The van der Waals surface area contributed by atoms with Gasteiger partial charge in [0.05, 0.1) is 23.3 Å². The van der Waals surface area contributed by atoms with Gasteiger partial charge in [0.2, 0.25) is 5.91 Å². The summed E-state index contributed by atoms with van der Waals surface area (Å²) in [6.07, 6.45) is 3.61. The number of amides is 1. The molecule has 1 fully saturated rings. The summed E-state index contributed by atoms with van der Waals surface area (Å²) in [5, 5.41) is 4.31. The Morgan fingerprint density at radius 3 is 2.92 bits per heavy atom. The highest BCUT2D eigenvalue weighted by Gasteiger charge is 2.28. The first-order chi connectivity index (χ1) is 11.5. The van der Waals surface area contributed by atoms with Gasteiger partial charge in [0.15, 0.2) is 0 Å². The third kappa shape index (κ3) is 4.14. The molecule has 3 rings (SSSR count). The Hall–Kier alpha value is -1.46. The normalized spacial score (nSPS) is 24.4. The zero-order valence-electron chi connectivity index (χ0n) is 14.8. The van der Waals surface area contributed by atoms with E-state index in [0.29, 0.717) is 31.0 Å². The van der Waals surface area contributed by atoms with E-state index in [9.17, 15) is 4.79 Å². The predicted molar refractivity (Wildman–Crippen MR) is 100 cm³/mol. The van der Waals surface area contributed by atoms with E-state index in [1.54, 1.807) is 11.3 Å². The number of carbonyl (C=O) groups is 1. The van der Waals surface area contributed by atoms with Gasteiger partial charge < -0.3 is 5.32 Å². The molecule has 1 aromatic heterocycles. The van der Waals surface area contributed by atoms with Crippen LogP contribution in [0.4, 0.5) is 0 Å². The third-order valence-electron chi connectivity index (χ3n) is 5.21. The molecular weight excluding hydrogens is 318 g/mol. The molecule has 130 valence electrons. The summed E-state index contributed by atoms with van der Waals surface area (Å²) >= 11 is 1.70. The Balaban J connectivity index is 1.52. The quantitative estimate of drug-likeness (QED) is 0.899. The Bertz CT molecular complexity index is 666. The fourth-order valence-corrected chi connectivity index (χ4v) is 4.61. The van der Waals surface area contributed by atoms with Crippen LogP contribution in [-0.4, -0.2) is 35.4 Å². The van der Waals surface area contributed by atoms with Crippen molar-refractivity contribution in [1.82, 2.24) is 15.2 Å². The van der Waals surface area contributed by atoms with Crippen molar-refractivity contribution in [2.45, 2.75) is 45.7 Å². The molecule has 5 heteroatoms. The second-order valence-electron chi connectivity index (χ2n) is 7.19. The Labute approximate surface area is 148 Å². The van der Waals surface area contributed by atoms with E-state index in [1.807, 2.05) is 30.1 Å².